The Morgan fingerprint density at radius 1 is 1.26 bits per heavy atom. The molecule has 1 amide bonds. The zero-order chi connectivity index (χ0) is 23.6. The van der Waals surface area contributed by atoms with Crippen LogP contribution in [-0.4, -0.2) is 54.5 Å². The first-order chi connectivity index (χ1) is 14.1. The van der Waals surface area contributed by atoms with Gasteiger partial charge in [-0.3, -0.25) is 0 Å². The van der Waals surface area contributed by atoms with E-state index in [2.05, 4.69) is 33.9 Å². The highest BCUT2D eigenvalue weighted by atomic mass is 35.5. The molecule has 0 aliphatic carbocycles. The highest BCUT2D eigenvalue weighted by molar-refractivity contribution is 7.99. The molecule has 0 unspecified atom stereocenters. The molecule has 5 nitrogen and oxygen atoms in total. The number of carbonyl (C=O) groups excluding carboxylic acids is 1. The molecule has 1 aliphatic rings. The second-order valence-corrected chi connectivity index (χ2v) is 17.0. The lowest BCUT2D eigenvalue weighted by Gasteiger charge is -2.38. The predicted molar refractivity (Wildman–Crippen MR) is 132 cm³/mol. The fourth-order valence-corrected chi connectivity index (χ4v) is 5.83. The third kappa shape index (κ3) is 7.39. The van der Waals surface area contributed by atoms with Gasteiger partial charge in [0.2, 0.25) is 0 Å². The van der Waals surface area contributed by atoms with Crippen LogP contribution in [0.1, 0.15) is 53.5 Å². The third-order valence-corrected chi connectivity index (χ3v) is 11.9. The fourth-order valence-electron chi connectivity index (χ4n) is 3.21. The number of thioether (sulfide) groups is 1. The first kappa shape index (κ1) is 26.5. The van der Waals surface area contributed by atoms with Crippen LogP contribution in [0.15, 0.2) is 23.1 Å². The molecule has 1 aromatic carbocycles. The number of halogens is 1. The largest absolute Gasteiger partial charge is 0.444 e. The second-order valence-electron chi connectivity index (χ2n) is 10.7. The summed E-state index contributed by atoms with van der Waals surface area (Å²) < 4.78 is 12.3. The summed E-state index contributed by atoms with van der Waals surface area (Å²) in [4.78, 5) is 15.8. The Balaban J connectivity index is 2.15. The van der Waals surface area contributed by atoms with Crippen LogP contribution in [0.3, 0.4) is 0 Å². The van der Waals surface area contributed by atoms with Gasteiger partial charge in [0.1, 0.15) is 5.60 Å². The summed E-state index contributed by atoms with van der Waals surface area (Å²) in [5, 5.41) is 10.2. The zero-order valence-corrected chi connectivity index (χ0v) is 22.7. The van der Waals surface area contributed by atoms with Gasteiger partial charge in [-0.1, -0.05) is 32.4 Å². The summed E-state index contributed by atoms with van der Waals surface area (Å²) >= 11 is 7.77. The molecule has 2 rings (SSSR count). The summed E-state index contributed by atoms with van der Waals surface area (Å²) in [5.41, 5.74) is 0.167. The van der Waals surface area contributed by atoms with Crippen molar-refractivity contribution in [3.8, 4) is 0 Å². The van der Waals surface area contributed by atoms with Crippen molar-refractivity contribution in [2.24, 2.45) is 0 Å². The van der Waals surface area contributed by atoms with Gasteiger partial charge in [-0.05, 0) is 69.1 Å². The summed E-state index contributed by atoms with van der Waals surface area (Å²) in [6.45, 7) is 17.3. The molecule has 0 bridgehead atoms. The molecule has 1 aromatic rings. The highest BCUT2D eigenvalue weighted by Gasteiger charge is 2.44. The molecule has 176 valence electrons. The molecular weight excluding hydrogens is 450 g/mol. The van der Waals surface area contributed by atoms with Crippen LogP contribution >= 0.6 is 23.4 Å². The average Bonchev–Trinajstić information content (AvgIpc) is 3.00. The molecule has 31 heavy (non-hydrogen) atoms. The van der Waals surface area contributed by atoms with Crippen LogP contribution in [0.2, 0.25) is 23.2 Å². The maximum atomic E-state index is 12.9. The average molecular weight is 488 g/mol. The van der Waals surface area contributed by atoms with Gasteiger partial charge in [-0.2, -0.15) is 0 Å². The molecule has 1 fully saturated rings. The van der Waals surface area contributed by atoms with Crippen LogP contribution in [0.4, 0.5) is 4.79 Å². The van der Waals surface area contributed by atoms with Crippen molar-refractivity contribution in [1.29, 1.82) is 0 Å². The molecule has 1 saturated heterocycles. The second kappa shape index (κ2) is 10.0. The first-order valence-electron chi connectivity index (χ1n) is 10.8. The van der Waals surface area contributed by atoms with Gasteiger partial charge < -0.3 is 19.2 Å². The summed E-state index contributed by atoms with van der Waals surface area (Å²) in [6, 6.07) is 5.67. The quantitative estimate of drug-likeness (QED) is 0.375. The minimum atomic E-state index is -1.94. The van der Waals surface area contributed by atoms with E-state index >= 15 is 0 Å². The first-order valence-corrected chi connectivity index (χ1v) is 15.1. The number of hydrogen-bond acceptors (Lipinski definition) is 5. The number of aliphatic hydroxyl groups excluding tert-OH is 1. The van der Waals surface area contributed by atoms with Crippen molar-refractivity contribution in [3.63, 3.8) is 0 Å². The number of hydrogen-bond donors (Lipinski definition) is 1. The van der Waals surface area contributed by atoms with Crippen molar-refractivity contribution in [1.82, 2.24) is 4.90 Å². The molecule has 8 heteroatoms. The maximum absolute atomic E-state index is 12.9. The number of carbonyl (C=O) groups is 1. The summed E-state index contributed by atoms with van der Waals surface area (Å²) in [6.07, 6.45) is 0.517. The highest BCUT2D eigenvalue weighted by Crippen LogP contribution is 2.39. The lowest BCUT2D eigenvalue weighted by molar-refractivity contribution is 0.0224. The molecule has 1 heterocycles. The lowest BCUT2D eigenvalue weighted by atomic mass is 10.2. The van der Waals surface area contributed by atoms with Crippen LogP contribution < -0.4 is 0 Å². The topological polar surface area (TPSA) is 59.0 Å². The number of ether oxygens (including phenoxy) is 1. The Hall–Kier alpha value is -0.733. The maximum Gasteiger partial charge on any atom is 0.410 e. The Labute approximate surface area is 198 Å². The standard InChI is InChI=1S/C23H38ClNO4SSi/c1-22(2,3)28-21(27)25-13-18(29-31(7,8)23(4,5)6)12-17(25)15-30-19-9-10-20(24)16(11-19)14-26/h9-11,17-18,26H,12-15H2,1-8H3/t17-,18+/m0/s1. The van der Waals surface area contributed by atoms with E-state index in [1.807, 2.05) is 37.8 Å². The van der Waals surface area contributed by atoms with E-state index in [0.717, 1.165) is 17.1 Å². The van der Waals surface area contributed by atoms with E-state index < -0.39 is 13.9 Å². The zero-order valence-electron chi connectivity index (χ0n) is 20.1. The summed E-state index contributed by atoms with van der Waals surface area (Å²) in [7, 11) is -1.94. The molecule has 2 atom stereocenters. The number of amides is 1. The number of nitrogens with zero attached hydrogens (tertiary/aromatic N) is 1. The van der Waals surface area contributed by atoms with E-state index in [4.69, 9.17) is 20.8 Å². The van der Waals surface area contributed by atoms with Gasteiger partial charge in [0, 0.05) is 28.3 Å². The monoisotopic (exact) mass is 487 g/mol. The van der Waals surface area contributed by atoms with Gasteiger partial charge >= 0.3 is 6.09 Å². The van der Waals surface area contributed by atoms with Crippen molar-refractivity contribution in [3.05, 3.63) is 28.8 Å². The Kier molecular flexibility index (Phi) is 8.59. The molecule has 0 radical (unpaired) electrons. The van der Waals surface area contributed by atoms with Gasteiger partial charge in [0.25, 0.3) is 0 Å². The van der Waals surface area contributed by atoms with Crippen molar-refractivity contribution in [2.45, 2.75) is 95.3 Å². The Bertz CT molecular complexity index is 776. The molecule has 0 saturated carbocycles. The molecule has 0 spiro atoms. The van der Waals surface area contributed by atoms with E-state index in [-0.39, 0.29) is 29.9 Å². The lowest BCUT2D eigenvalue weighted by Crippen LogP contribution is -2.45. The van der Waals surface area contributed by atoms with E-state index in [1.165, 1.54) is 0 Å². The minimum absolute atomic E-state index is 0.0113. The van der Waals surface area contributed by atoms with Gasteiger partial charge in [0.05, 0.1) is 12.7 Å². The third-order valence-electron chi connectivity index (χ3n) is 5.90. The van der Waals surface area contributed by atoms with E-state index in [9.17, 15) is 9.90 Å². The number of rotatable bonds is 6. The molecule has 1 aliphatic heterocycles. The smallest absolute Gasteiger partial charge is 0.410 e. The van der Waals surface area contributed by atoms with Gasteiger partial charge in [-0.25, -0.2) is 4.79 Å². The number of benzene rings is 1. The molecule has 1 N–H and O–H groups in total. The van der Waals surface area contributed by atoms with Crippen LogP contribution in [0, 0.1) is 0 Å². The van der Waals surface area contributed by atoms with Crippen LogP contribution in [0.25, 0.3) is 0 Å². The normalized spacial score (nSPS) is 20.3. The Morgan fingerprint density at radius 2 is 1.90 bits per heavy atom. The number of likely N-dealkylation sites (tertiary alicyclic amines) is 1. The van der Waals surface area contributed by atoms with Crippen molar-refractivity contribution >= 4 is 37.8 Å². The van der Waals surface area contributed by atoms with E-state index in [1.54, 1.807) is 17.8 Å². The number of aliphatic hydroxyl groups is 1. The van der Waals surface area contributed by atoms with Crippen LogP contribution in [-0.2, 0) is 15.8 Å². The predicted octanol–water partition coefficient (Wildman–Crippen LogP) is 6.32. The minimum Gasteiger partial charge on any atom is -0.444 e. The molecule has 0 aromatic heterocycles. The van der Waals surface area contributed by atoms with Crippen LogP contribution in [0.5, 0.6) is 0 Å². The van der Waals surface area contributed by atoms with Gasteiger partial charge in [0.15, 0.2) is 8.32 Å². The SMILES string of the molecule is CC(C)(C)OC(=O)N1C[C@H](O[Si](C)(C)C(C)(C)C)C[C@H]1CSc1ccc(Cl)c(CO)c1. The van der Waals surface area contributed by atoms with E-state index in [0.29, 0.717) is 17.1 Å². The van der Waals surface area contributed by atoms with Gasteiger partial charge in [-0.15, -0.1) is 11.8 Å². The fraction of sp³-hybridized carbons (Fsp3) is 0.696. The Morgan fingerprint density at radius 3 is 2.45 bits per heavy atom. The summed E-state index contributed by atoms with van der Waals surface area (Å²) in [5.74, 6) is 0.725. The molecular formula is C23H38ClNO4SSi. The van der Waals surface area contributed by atoms with Crippen molar-refractivity contribution < 1.29 is 19.1 Å². The van der Waals surface area contributed by atoms with Crippen molar-refractivity contribution in [2.75, 3.05) is 12.3 Å².